The average Bonchev–Trinajstić information content (AvgIpc) is 3.16. The number of halogens is 1. The zero-order chi connectivity index (χ0) is 29.7. The lowest BCUT2D eigenvalue weighted by molar-refractivity contribution is -0.194. The molecule has 2 atom stereocenters. The van der Waals surface area contributed by atoms with E-state index in [-0.39, 0.29) is 36.8 Å². The third-order valence-corrected chi connectivity index (χ3v) is 7.28. The molecule has 2 rings (SSSR count). The fraction of sp³-hybridized carbons (Fsp3) is 0.536. The Labute approximate surface area is 238 Å². The van der Waals surface area contributed by atoms with Gasteiger partial charge in [0, 0.05) is 41.9 Å². The Morgan fingerprint density at radius 3 is 2.21 bits per heavy atom. The van der Waals surface area contributed by atoms with Gasteiger partial charge in [-0.2, -0.15) is 0 Å². The van der Waals surface area contributed by atoms with E-state index in [9.17, 15) is 24.0 Å². The summed E-state index contributed by atoms with van der Waals surface area (Å²) in [6.45, 7) is 11.0. The summed E-state index contributed by atoms with van der Waals surface area (Å²) in [6.07, 6.45) is 1.47. The summed E-state index contributed by atoms with van der Waals surface area (Å²) in [6, 6.07) is 6.26. The number of imide groups is 1. The number of hydrogen-bond acceptors (Lipinski definition) is 7. The van der Waals surface area contributed by atoms with Crippen molar-refractivity contribution in [2.75, 3.05) is 20.6 Å². The number of carbonyl (C=O) groups is 5. The minimum Gasteiger partial charge on any atom is -0.342 e. The summed E-state index contributed by atoms with van der Waals surface area (Å²) in [7, 11) is 3.27. The molecule has 39 heavy (non-hydrogen) atoms. The minimum atomic E-state index is -0.857. The number of likely N-dealkylation sites (N-methyl/N-ethyl adjacent to an activating group) is 2. The minimum absolute atomic E-state index is 0.000509. The Morgan fingerprint density at radius 2 is 1.69 bits per heavy atom. The van der Waals surface area contributed by atoms with Crippen LogP contribution in [0.1, 0.15) is 59.9 Å². The molecule has 2 N–H and O–H groups in total. The monoisotopic (exact) mass is 606 g/mol. The number of hydrogen-bond donors (Lipinski definition) is 2. The van der Waals surface area contributed by atoms with Gasteiger partial charge in [0.1, 0.15) is 6.04 Å². The van der Waals surface area contributed by atoms with Gasteiger partial charge in [0.15, 0.2) is 0 Å². The SMILES string of the molecule is CNC(C(=O)NC(C(=O)N(C)C/C=C(\C)C(=O)ON1C(=O)CCC1=O)C(C)(C)C)C(C)(C)c1cccc(Br)c1. The number of amides is 4. The second kappa shape index (κ2) is 12.9. The van der Waals surface area contributed by atoms with E-state index >= 15 is 0 Å². The molecule has 0 saturated carbocycles. The molecule has 0 spiro atoms. The predicted octanol–water partition coefficient (Wildman–Crippen LogP) is 2.86. The largest absolute Gasteiger partial charge is 0.359 e. The Morgan fingerprint density at radius 1 is 1.10 bits per heavy atom. The van der Waals surface area contributed by atoms with Gasteiger partial charge < -0.3 is 20.4 Å². The van der Waals surface area contributed by atoms with E-state index in [0.29, 0.717) is 5.06 Å². The summed E-state index contributed by atoms with van der Waals surface area (Å²) in [5.41, 5.74) is -0.137. The lowest BCUT2D eigenvalue weighted by Gasteiger charge is -2.38. The first kappa shape index (κ1) is 32.2. The Balaban J connectivity index is 2.15. The molecule has 2 unspecified atom stereocenters. The summed E-state index contributed by atoms with van der Waals surface area (Å²) >= 11 is 3.49. The topological polar surface area (TPSA) is 125 Å². The molecule has 11 heteroatoms. The molecule has 214 valence electrons. The second-order valence-corrected chi connectivity index (χ2v) is 12.2. The number of rotatable bonds is 10. The quantitative estimate of drug-likeness (QED) is 0.310. The fourth-order valence-electron chi connectivity index (χ4n) is 4.23. The number of hydroxylamine groups is 2. The third kappa shape index (κ3) is 7.98. The van der Waals surface area contributed by atoms with Gasteiger partial charge in [0.2, 0.25) is 11.8 Å². The van der Waals surface area contributed by atoms with Crippen LogP contribution in [0.25, 0.3) is 0 Å². The zero-order valence-corrected chi connectivity index (χ0v) is 25.5. The molecule has 1 aromatic carbocycles. The average molecular weight is 608 g/mol. The Bertz CT molecular complexity index is 1140. The van der Waals surface area contributed by atoms with Gasteiger partial charge in [-0.1, -0.05) is 68.8 Å². The summed E-state index contributed by atoms with van der Waals surface area (Å²) < 4.78 is 0.901. The maximum Gasteiger partial charge on any atom is 0.359 e. The predicted molar refractivity (Wildman–Crippen MR) is 150 cm³/mol. The van der Waals surface area contributed by atoms with Gasteiger partial charge in [0.25, 0.3) is 11.8 Å². The van der Waals surface area contributed by atoms with Crippen molar-refractivity contribution in [3.8, 4) is 0 Å². The normalized spacial score (nSPS) is 16.1. The van der Waals surface area contributed by atoms with E-state index in [2.05, 4.69) is 26.6 Å². The number of nitrogens with zero attached hydrogens (tertiary/aromatic N) is 2. The van der Waals surface area contributed by atoms with Crippen molar-refractivity contribution in [3.05, 3.63) is 46.0 Å². The molecule has 4 amide bonds. The Kier molecular flexibility index (Phi) is 10.6. The number of carbonyl (C=O) groups excluding carboxylic acids is 5. The van der Waals surface area contributed by atoms with Crippen LogP contribution >= 0.6 is 15.9 Å². The van der Waals surface area contributed by atoms with Crippen LogP contribution in [0, 0.1) is 5.41 Å². The molecule has 10 nitrogen and oxygen atoms in total. The molecule has 0 bridgehead atoms. The van der Waals surface area contributed by atoms with Crippen molar-refractivity contribution in [1.29, 1.82) is 0 Å². The maximum absolute atomic E-state index is 13.5. The summed E-state index contributed by atoms with van der Waals surface area (Å²) in [5, 5.41) is 6.54. The molecule has 1 aliphatic heterocycles. The van der Waals surface area contributed by atoms with Crippen LogP contribution in [0.5, 0.6) is 0 Å². The van der Waals surface area contributed by atoms with Crippen molar-refractivity contribution >= 4 is 45.5 Å². The molecule has 0 aliphatic carbocycles. The van der Waals surface area contributed by atoms with Crippen LogP contribution in [0.15, 0.2) is 40.4 Å². The molecule has 1 heterocycles. The standard InChI is InChI=1S/C28H39BrN4O6/c1-17(26(38)39-33-20(34)12-13-21(33)35)14-15-32(8)25(37)23(27(2,3)4)31-24(36)22(30-7)28(5,6)18-10-9-11-19(29)16-18/h9-11,14,16,22-23,30H,12-13,15H2,1-8H3,(H,31,36)/b17-14+. The van der Waals surface area contributed by atoms with Crippen LogP contribution in [0.4, 0.5) is 0 Å². The molecular formula is C28H39BrN4O6. The smallest absolute Gasteiger partial charge is 0.342 e. The summed E-state index contributed by atoms with van der Waals surface area (Å²) in [4.78, 5) is 69.1. The van der Waals surface area contributed by atoms with E-state index in [0.717, 1.165) is 10.0 Å². The number of benzene rings is 1. The highest BCUT2D eigenvalue weighted by Crippen LogP contribution is 2.30. The van der Waals surface area contributed by atoms with Crippen molar-refractivity contribution in [2.24, 2.45) is 5.41 Å². The van der Waals surface area contributed by atoms with Crippen LogP contribution in [0.3, 0.4) is 0 Å². The van der Waals surface area contributed by atoms with Gasteiger partial charge in [-0.3, -0.25) is 19.2 Å². The van der Waals surface area contributed by atoms with Gasteiger partial charge in [0.05, 0.1) is 6.04 Å². The second-order valence-electron chi connectivity index (χ2n) is 11.3. The molecule has 1 aliphatic rings. The van der Waals surface area contributed by atoms with Crippen molar-refractivity contribution in [3.63, 3.8) is 0 Å². The lowest BCUT2D eigenvalue weighted by atomic mass is 9.76. The highest BCUT2D eigenvalue weighted by molar-refractivity contribution is 9.10. The highest BCUT2D eigenvalue weighted by atomic mass is 79.9. The number of nitrogens with one attached hydrogen (secondary N) is 2. The first-order chi connectivity index (χ1) is 18.0. The van der Waals surface area contributed by atoms with Crippen LogP contribution < -0.4 is 10.6 Å². The maximum atomic E-state index is 13.5. The fourth-order valence-corrected chi connectivity index (χ4v) is 4.63. The highest BCUT2D eigenvalue weighted by Gasteiger charge is 2.41. The Hall–Kier alpha value is -3.05. The third-order valence-electron chi connectivity index (χ3n) is 6.79. The van der Waals surface area contributed by atoms with E-state index in [1.54, 1.807) is 14.1 Å². The molecule has 1 fully saturated rings. The summed E-state index contributed by atoms with van der Waals surface area (Å²) in [5.74, 6) is -2.65. The molecule has 0 aromatic heterocycles. The zero-order valence-electron chi connectivity index (χ0n) is 23.9. The van der Waals surface area contributed by atoms with Crippen LogP contribution in [-0.4, -0.2) is 72.3 Å². The van der Waals surface area contributed by atoms with E-state index < -0.39 is 40.7 Å². The van der Waals surface area contributed by atoms with Crippen molar-refractivity contribution in [2.45, 2.75) is 71.9 Å². The first-order valence-corrected chi connectivity index (χ1v) is 13.5. The molecule has 1 aromatic rings. The van der Waals surface area contributed by atoms with Gasteiger partial charge in [-0.25, -0.2) is 4.79 Å². The van der Waals surface area contributed by atoms with Gasteiger partial charge >= 0.3 is 5.97 Å². The van der Waals surface area contributed by atoms with E-state index in [1.807, 2.05) is 58.9 Å². The van der Waals surface area contributed by atoms with Gasteiger partial charge in [-0.05, 0) is 37.1 Å². The van der Waals surface area contributed by atoms with E-state index in [4.69, 9.17) is 4.84 Å². The van der Waals surface area contributed by atoms with E-state index in [1.165, 1.54) is 17.9 Å². The molecule has 1 saturated heterocycles. The van der Waals surface area contributed by atoms with Crippen LogP contribution in [-0.2, 0) is 34.2 Å². The van der Waals surface area contributed by atoms with Crippen LogP contribution in [0.2, 0.25) is 0 Å². The molecular weight excluding hydrogens is 568 g/mol. The van der Waals surface area contributed by atoms with Crippen molar-refractivity contribution in [1.82, 2.24) is 20.6 Å². The van der Waals surface area contributed by atoms with Gasteiger partial charge in [-0.15, -0.1) is 5.06 Å². The van der Waals surface area contributed by atoms with Crippen molar-refractivity contribution < 1.29 is 28.8 Å². The lowest BCUT2D eigenvalue weighted by Crippen LogP contribution is -2.60. The first-order valence-electron chi connectivity index (χ1n) is 12.7. The molecule has 0 radical (unpaired) electrons.